The van der Waals surface area contributed by atoms with Gasteiger partial charge in [-0.05, 0) is 92.5 Å². The molecule has 2 saturated carbocycles. The van der Waals surface area contributed by atoms with Gasteiger partial charge in [0.15, 0.2) is 0 Å². The number of hydrogen-bond acceptors (Lipinski definition) is 1. The van der Waals surface area contributed by atoms with E-state index >= 15 is 0 Å². The van der Waals surface area contributed by atoms with Crippen molar-refractivity contribution >= 4 is 37.5 Å². The maximum atomic E-state index is 3.87. The van der Waals surface area contributed by atoms with Crippen LogP contribution in [0.2, 0.25) is 0 Å². The Hall–Kier alpha value is -0.0200. The summed E-state index contributed by atoms with van der Waals surface area (Å²) < 4.78 is 2.32. The summed E-state index contributed by atoms with van der Waals surface area (Å²) in [5.74, 6) is 0.869. The third-order valence-corrected chi connectivity index (χ3v) is 7.00. The zero-order valence-electron chi connectivity index (χ0n) is 12.7. The second kappa shape index (κ2) is 4.74. The lowest BCUT2D eigenvalue weighted by atomic mass is 9.68. The average molecular weight is 401 g/mol. The molecule has 2 fully saturated rings. The van der Waals surface area contributed by atoms with Gasteiger partial charge in [0.1, 0.15) is 0 Å². The van der Waals surface area contributed by atoms with E-state index in [1.165, 1.54) is 30.5 Å². The van der Waals surface area contributed by atoms with Crippen LogP contribution in [0.5, 0.6) is 0 Å². The van der Waals surface area contributed by atoms with Gasteiger partial charge in [0.2, 0.25) is 0 Å². The zero-order valence-corrected chi connectivity index (χ0v) is 15.9. The first-order valence-corrected chi connectivity index (χ1v) is 9.05. The molecule has 2 aliphatic rings. The second-order valence-corrected chi connectivity index (χ2v) is 9.30. The largest absolute Gasteiger partial charge is 0.379 e. The molecule has 2 bridgehead atoms. The molecule has 3 rings (SSSR count). The SMILES string of the molecule is Cc1cc(Br)c(NC2C3(C)CCC(C3)C2(C)C)c(Br)c1. The van der Waals surface area contributed by atoms with Crippen LogP contribution >= 0.6 is 31.9 Å². The molecule has 3 unspecified atom stereocenters. The van der Waals surface area contributed by atoms with Crippen molar-refractivity contribution in [3.63, 3.8) is 0 Å². The topological polar surface area (TPSA) is 12.0 Å². The fourth-order valence-electron chi connectivity index (χ4n) is 4.64. The number of hydrogen-bond donors (Lipinski definition) is 1. The monoisotopic (exact) mass is 399 g/mol. The van der Waals surface area contributed by atoms with Crippen molar-refractivity contribution in [3.05, 3.63) is 26.6 Å². The predicted molar refractivity (Wildman–Crippen MR) is 93.2 cm³/mol. The molecule has 0 amide bonds. The lowest BCUT2D eigenvalue weighted by Crippen LogP contribution is -2.45. The van der Waals surface area contributed by atoms with Crippen molar-refractivity contribution < 1.29 is 0 Å². The third-order valence-electron chi connectivity index (χ3n) is 5.74. The fourth-order valence-corrected chi connectivity index (χ4v) is 6.29. The molecule has 0 radical (unpaired) electrons. The molecule has 0 aliphatic heterocycles. The van der Waals surface area contributed by atoms with Gasteiger partial charge in [-0.1, -0.05) is 20.8 Å². The molecular weight excluding hydrogens is 378 g/mol. The number of rotatable bonds is 2. The van der Waals surface area contributed by atoms with Crippen LogP contribution in [0.25, 0.3) is 0 Å². The van der Waals surface area contributed by atoms with E-state index in [1.807, 2.05) is 0 Å². The number of halogens is 2. The molecule has 2 aliphatic carbocycles. The van der Waals surface area contributed by atoms with Crippen LogP contribution in [-0.2, 0) is 0 Å². The van der Waals surface area contributed by atoms with Crippen molar-refractivity contribution in [2.24, 2.45) is 16.7 Å². The molecule has 20 heavy (non-hydrogen) atoms. The van der Waals surface area contributed by atoms with E-state index in [0.717, 1.165) is 14.9 Å². The van der Waals surface area contributed by atoms with Gasteiger partial charge < -0.3 is 5.32 Å². The minimum atomic E-state index is 0.372. The van der Waals surface area contributed by atoms with Crippen LogP contribution in [0, 0.1) is 23.7 Å². The van der Waals surface area contributed by atoms with Crippen LogP contribution in [-0.4, -0.2) is 6.04 Å². The molecule has 1 aromatic rings. The fraction of sp³-hybridized carbons (Fsp3) is 0.647. The molecule has 1 aromatic carbocycles. The Labute approximate surface area is 139 Å². The van der Waals surface area contributed by atoms with Gasteiger partial charge in [0.25, 0.3) is 0 Å². The highest BCUT2D eigenvalue weighted by Gasteiger charge is 2.59. The summed E-state index contributed by atoms with van der Waals surface area (Å²) in [4.78, 5) is 0. The highest BCUT2D eigenvalue weighted by molar-refractivity contribution is 9.11. The van der Waals surface area contributed by atoms with Gasteiger partial charge in [-0.15, -0.1) is 0 Å². The number of fused-ring (bicyclic) bond motifs is 2. The van der Waals surface area contributed by atoms with E-state index in [-0.39, 0.29) is 0 Å². The van der Waals surface area contributed by atoms with E-state index in [2.05, 4.69) is 77.0 Å². The number of nitrogens with one attached hydrogen (secondary N) is 1. The highest BCUT2D eigenvalue weighted by Crippen LogP contribution is 2.63. The van der Waals surface area contributed by atoms with Gasteiger partial charge in [0, 0.05) is 15.0 Å². The standard InChI is InChI=1S/C17H23Br2N/c1-10-7-12(18)14(13(19)8-10)20-15-16(2,3)11-5-6-17(15,4)9-11/h7-8,11,15,20H,5-6,9H2,1-4H3. The summed E-state index contributed by atoms with van der Waals surface area (Å²) in [6.07, 6.45) is 4.14. The van der Waals surface area contributed by atoms with Crippen molar-refractivity contribution in [1.29, 1.82) is 0 Å². The van der Waals surface area contributed by atoms with Crippen LogP contribution in [0.4, 0.5) is 5.69 Å². The summed E-state index contributed by atoms with van der Waals surface area (Å²) in [6.45, 7) is 9.48. The highest BCUT2D eigenvalue weighted by atomic mass is 79.9. The van der Waals surface area contributed by atoms with Crippen molar-refractivity contribution in [2.75, 3.05) is 5.32 Å². The lowest BCUT2D eigenvalue weighted by Gasteiger charge is -2.44. The predicted octanol–water partition coefficient (Wildman–Crippen LogP) is 6.15. The first kappa shape index (κ1) is 14.9. The number of anilines is 1. The molecule has 0 heterocycles. The Bertz CT molecular complexity index is 524. The quantitative estimate of drug-likeness (QED) is 0.627. The summed E-state index contributed by atoms with van der Waals surface area (Å²) in [5.41, 5.74) is 3.30. The van der Waals surface area contributed by atoms with E-state index < -0.39 is 0 Å². The minimum absolute atomic E-state index is 0.372. The van der Waals surface area contributed by atoms with Gasteiger partial charge >= 0.3 is 0 Å². The first-order chi connectivity index (χ1) is 9.24. The van der Waals surface area contributed by atoms with Crippen molar-refractivity contribution in [2.45, 2.75) is 53.0 Å². The summed E-state index contributed by atoms with van der Waals surface area (Å²) in [6, 6.07) is 4.93. The summed E-state index contributed by atoms with van der Waals surface area (Å²) >= 11 is 7.44. The molecule has 0 saturated heterocycles. The van der Waals surface area contributed by atoms with Crippen LogP contribution in [0.15, 0.2) is 21.1 Å². The molecule has 3 atom stereocenters. The third kappa shape index (κ3) is 2.16. The van der Waals surface area contributed by atoms with Gasteiger partial charge in [-0.25, -0.2) is 0 Å². The lowest BCUT2D eigenvalue weighted by molar-refractivity contribution is 0.155. The summed E-state index contributed by atoms with van der Waals surface area (Å²) in [5, 5.41) is 3.87. The van der Waals surface area contributed by atoms with E-state index in [9.17, 15) is 0 Å². The molecule has 0 spiro atoms. The minimum Gasteiger partial charge on any atom is -0.379 e. The van der Waals surface area contributed by atoms with Crippen LogP contribution < -0.4 is 5.32 Å². The molecule has 1 nitrogen and oxygen atoms in total. The van der Waals surface area contributed by atoms with Gasteiger partial charge in [-0.3, -0.25) is 0 Å². The Morgan fingerprint density at radius 2 is 1.75 bits per heavy atom. The van der Waals surface area contributed by atoms with E-state index in [4.69, 9.17) is 0 Å². The van der Waals surface area contributed by atoms with Crippen molar-refractivity contribution in [3.8, 4) is 0 Å². The molecule has 0 aromatic heterocycles. The molecule has 1 N–H and O–H groups in total. The Balaban J connectivity index is 1.96. The maximum Gasteiger partial charge on any atom is 0.0631 e. The Morgan fingerprint density at radius 3 is 2.25 bits per heavy atom. The maximum absolute atomic E-state index is 3.87. The Kier molecular flexibility index (Phi) is 3.53. The van der Waals surface area contributed by atoms with Gasteiger partial charge in [0.05, 0.1) is 5.69 Å². The zero-order chi connectivity index (χ0) is 14.7. The molecule has 3 heteroatoms. The van der Waals surface area contributed by atoms with E-state index in [1.54, 1.807) is 0 Å². The van der Waals surface area contributed by atoms with Gasteiger partial charge in [-0.2, -0.15) is 0 Å². The van der Waals surface area contributed by atoms with Crippen LogP contribution in [0.1, 0.15) is 45.6 Å². The molecule has 110 valence electrons. The first-order valence-electron chi connectivity index (χ1n) is 7.46. The normalized spacial score (nSPS) is 34.5. The smallest absolute Gasteiger partial charge is 0.0631 e. The van der Waals surface area contributed by atoms with Crippen LogP contribution in [0.3, 0.4) is 0 Å². The summed E-state index contributed by atoms with van der Waals surface area (Å²) in [7, 11) is 0. The number of benzene rings is 1. The molecular formula is C17H23Br2N. The number of aryl methyl sites for hydroxylation is 1. The Morgan fingerprint density at radius 1 is 1.15 bits per heavy atom. The van der Waals surface area contributed by atoms with Crippen molar-refractivity contribution in [1.82, 2.24) is 0 Å². The average Bonchev–Trinajstić information content (AvgIpc) is 2.77. The van der Waals surface area contributed by atoms with E-state index in [0.29, 0.717) is 16.9 Å². The second-order valence-electron chi connectivity index (χ2n) is 7.60.